The fraction of sp³-hybridized carbons (Fsp3) is 0.600. The first-order valence-corrected chi connectivity index (χ1v) is 6.68. The van der Waals surface area contributed by atoms with Crippen LogP contribution in [0.4, 0.5) is 5.69 Å². The molecule has 2 rings (SSSR count). The molecule has 0 unspecified atom stereocenters. The molecule has 0 N–H and O–H groups in total. The van der Waals surface area contributed by atoms with Gasteiger partial charge in [0.05, 0.1) is 0 Å². The number of hydrogen-bond donors (Lipinski definition) is 0. The predicted molar refractivity (Wildman–Crippen MR) is 71.1 cm³/mol. The fourth-order valence-electron chi connectivity index (χ4n) is 2.44. The summed E-state index contributed by atoms with van der Waals surface area (Å²) in [5, 5.41) is 0. The summed E-state index contributed by atoms with van der Waals surface area (Å²) in [5.41, 5.74) is 2.76. The van der Waals surface area contributed by atoms with Gasteiger partial charge in [0.1, 0.15) is 0 Å². The monoisotopic (exact) mass is 217 g/mol. The summed E-state index contributed by atoms with van der Waals surface area (Å²) in [5.74, 6) is 0. The lowest BCUT2D eigenvalue weighted by Gasteiger charge is -2.24. The summed E-state index contributed by atoms with van der Waals surface area (Å²) < 4.78 is 0. The highest BCUT2D eigenvalue weighted by molar-refractivity contribution is 5.47. The Kier molecular flexibility index (Phi) is 4.26. The largest absolute Gasteiger partial charge is 0.372 e. The van der Waals surface area contributed by atoms with Crippen molar-refractivity contribution in [2.45, 2.75) is 45.4 Å². The molecule has 0 atom stereocenters. The molecule has 0 aliphatic carbocycles. The molecule has 1 saturated heterocycles. The van der Waals surface area contributed by atoms with E-state index in [4.69, 9.17) is 0 Å². The van der Waals surface area contributed by atoms with Gasteiger partial charge in [-0.05, 0) is 31.9 Å². The van der Waals surface area contributed by atoms with Gasteiger partial charge in [-0.3, -0.25) is 0 Å². The van der Waals surface area contributed by atoms with Crippen LogP contribution in [0, 0.1) is 6.92 Å². The second kappa shape index (κ2) is 5.93. The molecule has 0 amide bonds. The van der Waals surface area contributed by atoms with E-state index >= 15 is 0 Å². The van der Waals surface area contributed by atoms with Crippen LogP contribution in [0.2, 0.25) is 0 Å². The zero-order valence-electron chi connectivity index (χ0n) is 10.4. The van der Waals surface area contributed by atoms with Crippen molar-refractivity contribution in [3.8, 4) is 0 Å². The molecular weight excluding hydrogens is 194 g/mol. The van der Waals surface area contributed by atoms with Crippen LogP contribution in [0.5, 0.6) is 0 Å². The molecule has 1 heterocycles. The quantitative estimate of drug-likeness (QED) is 0.683. The van der Waals surface area contributed by atoms with Crippen molar-refractivity contribution in [3.05, 3.63) is 29.8 Å². The first-order valence-electron chi connectivity index (χ1n) is 6.68. The van der Waals surface area contributed by atoms with Gasteiger partial charge in [0, 0.05) is 18.8 Å². The fourth-order valence-corrected chi connectivity index (χ4v) is 2.44. The lowest BCUT2D eigenvalue weighted by atomic mass is 10.1. The van der Waals surface area contributed by atoms with E-state index in [9.17, 15) is 0 Å². The molecule has 1 heteroatoms. The predicted octanol–water partition coefficient (Wildman–Crippen LogP) is 4.16. The van der Waals surface area contributed by atoms with Crippen LogP contribution in [0.25, 0.3) is 0 Å². The van der Waals surface area contributed by atoms with Crippen LogP contribution in [0.1, 0.15) is 44.1 Å². The third-order valence-electron chi connectivity index (χ3n) is 3.51. The van der Waals surface area contributed by atoms with Crippen molar-refractivity contribution in [3.63, 3.8) is 0 Å². The lowest BCUT2D eigenvalue weighted by molar-refractivity contribution is 0.636. The number of hydrogen-bond acceptors (Lipinski definition) is 1. The standard InChI is InChI=1S/C15H23N/c1-14-8-10-15(11-9-14)16-12-6-4-2-3-5-7-13-16/h8-11H,2-7,12-13H2,1H3. The molecule has 16 heavy (non-hydrogen) atoms. The van der Waals surface area contributed by atoms with Crippen LogP contribution in [0.15, 0.2) is 24.3 Å². The van der Waals surface area contributed by atoms with E-state index in [2.05, 4.69) is 36.1 Å². The first kappa shape index (κ1) is 11.5. The van der Waals surface area contributed by atoms with E-state index in [1.165, 1.54) is 62.9 Å². The maximum Gasteiger partial charge on any atom is 0.0366 e. The van der Waals surface area contributed by atoms with Gasteiger partial charge in [0.15, 0.2) is 0 Å². The minimum absolute atomic E-state index is 1.24. The Morgan fingerprint density at radius 2 is 1.25 bits per heavy atom. The van der Waals surface area contributed by atoms with Gasteiger partial charge in [-0.1, -0.05) is 43.4 Å². The van der Waals surface area contributed by atoms with Crippen molar-refractivity contribution in [1.29, 1.82) is 0 Å². The molecule has 0 aromatic heterocycles. The SMILES string of the molecule is Cc1ccc(N2CCCCCCCC2)cc1. The van der Waals surface area contributed by atoms with Crippen molar-refractivity contribution < 1.29 is 0 Å². The first-order chi connectivity index (χ1) is 7.86. The van der Waals surface area contributed by atoms with Crippen molar-refractivity contribution in [2.75, 3.05) is 18.0 Å². The van der Waals surface area contributed by atoms with E-state index in [0.29, 0.717) is 0 Å². The molecule has 1 fully saturated rings. The van der Waals surface area contributed by atoms with Crippen LogP contribution < -0.4 is 4.90 Å². The molecule has 1 nitrogen and oxygen atoms in total. The molecule has 1 aliphatic heterocycles. The number of benzene rings is 1. The van der Waals surface area contributed by atoms with Gasteiger partial charge in [0.2, 0.25) is 0 Å². The maximum absolute atomic E-state index is 2.56. The molecule has 1 aliphatic rings. The van der Waals surface area contributed by atoms with Gasteiger partial charge >= 0.3 is 0 Å². The number of rotatable bonds is 1. The number of aryl methyl sites for hydroxylation is 1. The number of anilines is 1. The zero-order valence-corrected chi connectivity index (χ0v) is 10.4. The Balaban J connectivity index is 2.01. The van der Waals surface area contributed by atoms with Gasteiger partial charge < -0.3 is 4.90 Å². The van der Waals surface area contributed by atoms with E-state index < -0.39 is 0 Å². The van der Waals surface area contributed by atoms with E-state index in [1.807, 2.05) is 0 Å². The third-order valence-corrected chi connectivity index (χ3v) is 3.51. The van der Waals surface area contributed by atoms with E-state index in [1.54, 1.807) is 0 Å². The molecular formula is C15H23N. The summed E-state index contributed by atoms with van der Waals surface area (Å²) in [6.45, 7) is 4.63. The number of nitrogens with zero attached hydrogens (tertiary/aromatic N) is 1. The zero-order chi connectivity index (χ0) is 11.2. The molecule has 88 valence electrons. The third kappa shape index (κ3) is 3.26. The smallest absolute Gasteiger partial charge is 0.0366 e. The summed E-state index contributed by atoms with van der Waals surface area (Å²) in [4.78, 5) is 2.56. The Morgan fingerprint density at radius 3 is 1.81 bits per heavy atom. The van der Waals surface area contributed by atoms with Crippen LogP contribution >= 0.6 is 0 Å². The highest BCUT2D eigenvalue weighted by Crippen LogP contribution is 2.19. The Bertz CT molecular complexity index is 292. The minimum atomic E-state index is 1.24. The van der Waals surface area contributed by atoms with Gasteiger partial charge in [-0.2, -0.15) is 0 Å². The summed E-state index contributed by atoms with van der Waals surface area (Å²) in [7, 11) is 0. The average molecular weight is 217 g/mol. The second-order valence-electron chi connectivity index (χ2n) is 4.94. The molecule has 1 aromatic rings. The van der Waals surface area contributed by atoms with Crippen LogP contribution in [-0.2, 0) is 0 Å². The summed E-state index contributed by atoms with van der Waals surface area (Å²) in [6.07, 6.45) is 8.38. The summed E-state index contributed by atoms with van der Waals surface area (Å²) in [6, 6.07) is 8.99. The Labute approximate surface area is 99.5 Å². The van der Waals surface area contributed by atoms with Crippen molar-refractivity contribution in [1.82, 2.24) is 0 Å². The lowest BCUT2D eigenvalue weighted by Crippen LogP contribution is -2.25. The normalized spacial score (nSPS) is 18.7. The van der Waals surface area contributed by atoms with Crippen LogP contribution in [-0.4, -0.2) is 13.1 Å². The van der Waals surface area contributed by atoms with Gasteiger partial charge in [0.25, 0.3) is 0 Å². The average Bonchev–Trinajstić information content (AvgIpc) is 2.43. The van der Waals surface area contributed by atoms with Crippen molar-refractivity contribution in [2.24, 2.45) is 0 Å². The molecule has 0 saturated carbocycles. The van der Waals surface area contributed by atoms with Crippen LogP contribution in [0.3, 0.4) is 0 Å². The maximum atomic E-state index is 2.56. The molecule has 0 bridgehead atoms. The molecule has 0 spiro atoms. The second-order valence-corrected chi connectivity index (χ2v) is 4.94. The van der Waals surface area contributed by atoms with Crippen molar-refractivity contribution >= 4 is 5.69 Å². The van der Waals surface area contributed by atoms with E-state index in [0.717, 1.165) is 0 Å². The minimum Gasteiger partial charge on any atom is -0.372 e. The molecule has 0 radical (unpaired) electrons. The highest BCUT2D eigenvalue weighted by atomic mass is 15.1. The van der Waals surface area contributed by atoms with Gasteiger partial charge in [-0.25, -0.2) is 0 Å². The summed E-state index contributed by atoms with van der Waals surface area (Å²) >= 11 is 0. The van der Waals surface area contributed by atoms with Gasteiger partial charge in [-0.15, -0.1) is 0 Å². The topological polar surface area (TPSA) is 3.24 Å². The molecule has 1 aromatic carbocycles. The Morgan fingerprint density at radius 1 is 0.750 bits per heavy atom. The Hall–Kier alpha value is -0.980. The van der Waals surface area contributed by atoms with E-state index in [-0.39, 0.29) is 0 Å². The highest BCUT2D eigenvalue weighted by Gasteiger charge is 2.07.